The summed E-state index contributed by atoms with van der Waals surface area (Å²) < 4.78 is 14.4. The van der Waals surface area contributed by atoms with Gasteiger partial charge in [0.1, 0.15) is 0 Å². The van der Waals surface area contributed by atoms with Crippen LogP contribution < -0.4 is 5.32 Å². The van der Waals surface area contributed by atoms with Crippen LogP contribution in [-0.4, -0.2) is 49.4 Å². The summed E-state index contributed by atoms with van der Waals surface area (Å²) in [6.45, 7) is 2.53. The Kier molecular flexibility index (Phi) is 4.69. The summed E-state index contributed by atoms with van der Waals surface area (Å²) in [5, 5.41) is 11.6. The highest BCUT2D eigenvalue weighted by Gasteiger charge is 2.43. The Hall–Kier alpha value is -3.29. The average molecular weight is 406 g/mol. The van der Waals surface area contributed by atoms with Crippen molar-refractivity contribution < 1.29 is 9.18 Å². The molecule has 7 nitrogen and oxygen atoms in total. The minimum absolute atomic E-state index is 0.0105. The maximum Gasteiger partial charge on any atom is 0.256 e. The lowest BCUT2D eigenvalue weighted by Gasteiger charge is -2.50. The van der Waals surface area contributed by atoms with E-state index in [2.05, 4.69) is 20.5 Å². The van der Waals surface area contributed by atoms with Crippen molar-refractivity contribution in [3.8, 4) is 5.69 Å². The van der Waals surface area contributed by atoms with E-state index in [1.54, 1.807) is 18.6 Å². The van der Waals surface area contributed by atoms with E-state index in [0.717, 1.165) is 24.8 Å². The van der Waals surface area contributed by atoms with E-state index >= 15 is 0 Å². The van der Waals surface area contributed by atoms with Crippen molar-refractivity contribution in [2.75, 3.05) is 11.9 Å². The molecule has 3 fully saturated rings. The normalized spacial score (nSPS) is 22.9. The third kappa shape index (κ3) is 3.32. The van der Waals surface area contributed by atoms with Crippen LogP contribution in [0.2, 0.25) is 0 Å². The van der Waals surface area contributed by atoms with Crippen LogP contribution in [0.4, 0.5) is 10.2 Å². The van der Waals surface area contributed by atoms with Crippen molar-refractivity contribution in [2.24, 2.45) is 5.92 Å². The van der Waals surface area contributed by atoms with E-state index in [1.807, 2.05) is 36.1 Å². The molecule has 3 aliphatic rings. The first-order valence-corrected chi connectivity index (χ1v) is 10.3. The molecule has 6 rings (SSSR count). The third-order valence-corrected chi connectivity index (χ3v) is 6.11. The largest absolute Gasteiger partial charge is 0.363 e. The Labute approximate surface area is 173 Å². The van der Waals surface area contributed by atoms with Gasteiger partial charge in [0.2, 0.25) is 0 Å². The van der Waals surface area contributed by atoms with Gasteiger partial charge in [-0.05, 0) is 55.9 Å². The maximum absolute atomic E-state index is 14.4. The summed E-state index contributed by atoms with van der Waals surface area (Å²) in [5.41, 5.74) is 2.01. The van der Waals surface area contributed by atoms with E-state index in [9.17, 15) is 9.18 Å². The van der Waals surface area contributed by atoms with Crippen LogP contribution in [0.15, 0.2) is 48.9 Å². The number of nitrogens with zero attached hydrogens (tertiary/aromatic N) is 5. The van der Waals surface area contributed by atoms with E-state index in [0.29, 0.717) is 23.7 Å². The predicted molar refractivity (Wildman–Crippen MR) is 110 cm³/mol. The number of amides is 1. The fourth-order valence-electron chi connectivity index (χ4n) is 4.72. The zero-order chi connectivity index (χ0) is 20.7. The van der Waals surface area contributed by atoms with Crippen molar-refractivity contribution in [1.29, 1.82) is 0 Å². The number of pyridine rings is 1. The number of rotatable bonds is 4. The number of aryl methyl sites for hydroxylation is 1. The molecule has 154 valence electrons. The van der Waals surface area contributed by atoms with E-state index in [1.165, 1.54) is 10.9 Å². The number of carbonyl (C=O) groups excluding carboxylic acids is 1. The van der Waals surface area contributed by atoms with Crippen LogP contribution in [0.3, 0.4) is 0 Å². The first kappa shape index (κ1) is 18.7. The summed E-state index contributed by atoms with van der Waals surface area (Å²) in [5.74, 6) is 0.248. The van der Waals surface area contributed by atoms with Gasteiger partial charge in [0, 0.05) is 18.8 Å². The zero-order valence-electron chi connectivity index (χ0n) is 16.7. The van der Waals surface area contributed by atoms with Gasteiger partial charge in [0.05, 0.1) is 29.7 Å². The lowest BCUT2D eigenvalue weighted by Crippen LogP contribution is -2.60. The summed E-state index contributed by atoms with van der Waals surface area (Å²) in [6, 6.07) is 8.82. The number of hydrogen-bond donors (Lipinski definition) is 1. The van der Waals surface area contributed by atoms with E-state index in [4.69, 9.17) is 0 Å². The van der Waals surface area contributed by atoms with Gasteiger partial charge in [-0.25, -0.2) is 9.37 Å². The number of carbonyl (C=O) groups is 1. The van der Waals surface area contributed by atoms with Crippen molar-refractivity contribution in [3.05, 3.63) is 65.9 Å². The number of benzene rings is 1. The molecule has 1 aromatic carbocycles. The van der Waals surface area contributed by atoms with Crippen LogP contribution in [-0.2, 0) is 0 Å². The Morgan fingerprint density at radius 2 is 2.00 bits per heavy atom. The second kappa shape index (κ2) is 7.51. The first-order chi connectivity index (χ1) is 14.6. The molecule has 2 aliphatic heterocycles. The maximum atomic E-state index is 14.4. The quantitative estimate of drug-likeness (QED) is 0.720. The monoisotopic (exact) mass is 406 g/mol. The molecule has 2 aromatic heterocycles. The zero-order valence-corrected chi connectivity index (χ0v) is 16.7. The molecule has 1 saturated carbocycles. The van der Waals surface area contributed by atoms with Crippen LogP contribution in [0.25, 0.3) is 5.69 Å². The van der Waals surface area contributed by atoms with Crippen LogP contribution in [0, 0.1) is 18.7 Å². The molecule has 2 bridgehead atoms. The molecule has 4 heterocycles. The van der Waals surface area contributed by atoms with Crippen LogP contribution in [0.1, 0.15) is 35.2 Å². The summed E-state index contributed by atoms with van der Waals surface area (Å²) >= 11 is 0. The third-order valence-electron chi connectivity index (χ3n) is 6.11. The highest BCUT2D eigenvalue weighted by Crippen LogP contribution is 2.38. The highest BCUT2D eigenvalue weighted by molar-refractivity contribution is 5.98. The fraction of sp³-hybridized carbons (Fsp3) is 0.364. The Morgan fingerprint density at radius 1 is 1.20 bits per heavy atom. The minimum Gasteiger partial charge on any atom is -0.363 e. The number of halogens is 1. The number of nitrogens with one attached hydrogen (secondary N) is 1. The Bertz CT molecular complexity index is 1070. The molecule has 1 amide bonds. The molecule has 0 radical (unpaired) electrons. The van der Waals surface area contributed by atoms with Gasteiger partial charge in [-0.1, -0.05) is 12.1 Å². The van der Waals surface area contributed by atoms with Crippen molar-refractivity contribution in [2.45, 2.75) is 38.3 Å². The van der Waals surface area contributed by atoms with Crippen molar-refractivity contribution >= 4 is 11.7 Å². The topological polar surface area (TPSA) is 75.9 Å². The second-order valence-corrected chi connectivity index (χ2v) is 8.13. The summed E-state index contributed by atoms with van der Waals surface area (Å²) in [4.78, 5) is 21.2. The fourth-order valence-corrected chi connectivity index (χ4v) is 4.72. The molecule has 1 aliphatic carbocycles. The predicted octanol–water partition coefficient (Wildman–Crippen LogP) is 3.22. The molecule has 8 heteroatoms. The van der Waals surface area contributed by atoms with Gasteiger partial charge in [-0.2, -0.15) is 15.0 Å². The van der Waals surface area contributed by atoms with Crippen LogP contribution in [0.5, 0.6) is 0 Å². The second-order valence-electron chi connectivity index (χ2n) is 8.13. The Morgan fingerprint density at radius 3 is 2.77 bits per heavy atom. The SMILES string of the molecule is Cc1cnc(NC2CC3CCC2N(C(=O)c2ccccc2-n2nccn2)C3)c(F)c1. The van der Waals surface area contributed by atoms with E-state index in [-0.39, 0.29) is 29.6 Å². The van der Waals surface area contributed by atoms with Gasteiger partial charge in [0.25, 0.3) is 5.91 Å². The Balaban J connectivity index is 1.42. The number of aromatic nitrogens is 4. The minimum atomic E-state index is -0.357. The number of fused-ring (bicyclic) bond motifs is 3. The first-order valence-electron chi connectivity index (χ1n) is 10.3. The number of hydrogen-bond acceptors (Lipinski definition) is 5. The number of para-hydroxylation sites is 1. The van der Waals surface area contributed by atoms with Gasteiger partial charge in [0.15, 0.2) is 11.6 Å². The lowest BCUT2D eigenvalue weighted by molar-refractivity contribution is 0.0281. The average Bonchev–Trinajstić information content (AvgIpc) is 3.30. The lowest BCUT2D eigenvalue weighted by atomic mass is 9.76. The molecular formula is C22H23FN6O. The molecule has 3 atom stereocenters. The van der Waals surface area contributed by atoms with Gasteiger partial charge < -0.3 is 10.2 Å². The van der Waals surface area contributed by atoms with Crippen LogP contribution >= 0.6 is 0 Å². The van der Waals surface area contributed by atoms with E-state index < -0.39 is 0 Å². The van der Waals surface area contributed by atoms with Crippen molar-refractivity contribution in [1.82, 2.24) is 24.9 Å². The number of anilines is 1. The molecule has 3 aromatic rings. The van der Waals surface area contributed by atoms with Gasteiger partial charge in [-0.3, -0.25) is 4.79 Å². The molecule has 30 heavy (non-hydrogen) atoms. The highest BCUT2D eigenvalue weighted by atomic mass is 19.1. The summed E-state index contributed by atoms with van der Waals surface area (Å²) in [7, 11) is 0. The van der Waals surface area contributed by atoms with Gasteiger partial charge in [-0.15, -0.1) is 0 Å². The molecule has 0 spiro atoms. The van der Waals surface area contributed by atoms with Crippen molar-refractivity contribution in [3.63, 3.8) is 0 Å². The molecule has 1 N–H and O–H groups in total. The molecular weight excluding hydrogens is 383 g/mol. The smallest absolute Gasteiger partial charge is 0.256 e. The standard InChI is InChI=1S/C22H23FN6O/c1-14-10-17(23)21(24-12-14)27-18-11-15-6-7-20(18)28(13-15)22(30)16-4-2-3-5-19(16)29-25-8-9-26-29/h2-5,8-10,12,15,18,20H,6-7,11,13H2,1H3,(H,24,27). The summed E-state index contributed by atoms with van der Waals surface area (Å²) in [6.07, 6.45) is 7.72. The number of piperidine rings is 2. The molecule has 3 unspecified atom stereocenters. The molecule has 2 saturated heterocycles. The van der Waals surface area contributed by atoms with Gasteiger partial charge >= 0.3 is 0 Å².